The van der Waals surface area contributed by atoms with E-state index in [4.69, 9.17) is 0 Å². The van der Waals surface area contributed by atoms with E-state index >= 15 is 0 Å². The number of likely N-dealkylation sites (N-methyl/N-ethyl adjacent to an activating group) is 1. The van der Waals surface area contributed by atoms with Gasteiger partial charge in [0.1, 0.15) is 0 Å². The van der Waals surface area contributed by atoms with E-state index in [-0.39, 0.29) is 5.91 Å². The smallest absolute Gasteiger partial charge is 0.242 e. The van der Waals surface area contributed by atoms with Gasteiger partial charge in [-0.1, -0.05) is 0 Å². The van der Waals surface area contributed by atoms with Crippen LogP contribution in [0, 0.1) is 0 Å². The highest BCUT2D eigenvalue weighted by Crippen LogP contribution is 2.19. The van der Waals surface area contributed by atoms with Gasteiger partial charge >= 0.3 is 0 Å². The van der Waals surface area contributed by atoms with Crippen molar-refractivity contribution in [2.24, 2.45) is 0 Å². The molecule has 0 bridgehead atoms. The normalized spacial score (nSPS) is 23.7. The van der Waals surface area contributed by atoms with Gasteiger partial charge in [-0.3, -0.25) is 4.79 Å². The lowest BCUT2D eigenvalue weighted by atomic mass is 9.98. The first kappa shape index (κ1) is 11.5. The molecular weight excluding hydrogens is 176 g/mol. The van der Waals surface area contributed by atoms with Gasteiger partial charge in [-0.05, 0) is 47.1 Å². The molecule has 82 valence electrons. The van der Waals surface area contributed by atoms with E-state index in [2.05, 4.69) is 12.2 Å². The van der Waals surface area contributed by atoms with E-state index in [0.29, 0.717) is 6.04 Å². The number of amides is 1. The molecule has 1 saturated heterocycles. The van der Waals surface area contributed by atoms with E-state index in [1.807, 2.05) is 25.8 Å². The lowest BCUT2D eigenvalue weighted by Gasteiger charge is -2.38. The number of nitrogens with one attached hydrogen (secondary N) is 1. The molecule has 3 nitrogen and oxygen atoms in total. The highest BCUT2D eigenvalue weighted by atomic mass is 16.2. The summed E-state index contributed by atoms with van der Waals surface area (Å²) in [7, 11) is 1.84. The van der Waals surface area contributed by atoms with Crippen LogP contribution in [0.2, 0.25) is 0 Å². The Morgan fingerprint density at radius 1 is 1.43 bits per heavy atom. The Balaban J connectivity index is 2.67. The Morgan fingerprint density at radius 2 is 2.07 bits per heavy atom. The summed E-state index contributed by atoms with van der Waals surface area (Å²) in [6, 6.07) is 0.406. The van der Waals surface area contributed by atoms with E-state index < -0.39 is 5.54 Å². The molecule has 0 aliphatic carbocycles. The lowest BCUT2D eigenvalue weighted by Crippen LogP contribution is -2.56. The molecule has 1 N–H and O–H groups in total. The summed E-state index contributed by atoms with van der Waals surface area (Å²) >= 11 is 0. The summed E-state index contributed by atoms with van der Waals surface area (Å²) < 4.78 is 0. The van der Waals surface area contributed by atoms with Crippen LogP contribution in [-0.2, 0) is 4.79 Å². The number of carbonyl (C=O) groups is 1. The van der Waals surface area contributed by atoms with Crippen molar-refractivity contribution in [1.29, 1.82) is 0 Å². The average Bonchev–Trinajstić information content (AvgIpc) is 2.17. The van der Waals surface area contributed by atoms with Crippen molar-refractivity contribution >= 4 is 5.91 Å². The molecule has 0 aromatic carbocycles. The second kappa shape index (κ2) is 4.30. The van der Waals surface area contributed by atoms with Crippen LogP contribution in [0.1, 0.15) is 40.0 Å². The van der Waals surface area contributed by atoms with Crippen molar-refractivity contribution in [3.05, 3.63) is 0 Å². The topological polar surface area (TPSA) is 32.3 Å². The molecule has 1 fully saturated rings. The van der Waals surface area contributed by atoms with Crippen molar-refractivity contribution in [2.45, 2.75) is 51.6 Å². The van der Waals surface area contributed by atoms with Gasteiger partial charge in [0.15, 0.2) is 0 Å². The molecule has 0 radical (unpaired) electrons. The Morgan fingerprint density at radius 3 is 2.57 bits per heavy atom. The minimum absolute atomic E-state index is 0.229. The average molecular weight is 198 g/mol. The minimum Gasteiger partial charge on any atom is -0.338 e. The van der Waals surface area contributed by atoms with Crippen LogP contribution in [0.3, 0.4) is 0 Å². The molecule has 1 aliphatic rings. The third-order valence-electron chi connectivity index (χ3n) is 3.22. The SMILES string of the molecule is CNC(C)(C)C(=O)N1CCCCC1C. The van der Waals surface area contributed by atoms with Crippen LogP contribution in [0.15, 0.2) is 0 Å². The fourth-order valence-electron chi connectivity index (χ4n) is 1.87. The summed E-state index contributed by atoms with van der Waals surface area (Å²) in [4.78, 5) is 14.1. The Hall–Kier alpha value is -0.570. The van der Waals surface area contributed by atoms with Gasteiger partial charge in [0.25, 0.3) is 0 Å². The summed E-state index contributed by atoms with van der Waals surface area (Å²) in [6.07, 6.45) is 3.55. The number of likely N-dealkylation sites (tertiary alicyclic amines) is 1. The Kier molecular flexibility index (Phi) is 3.53. The molecule has 0 aromatic rings. The van der Waals surface area contributed by atoms with Crippen LogP contribution in [0.25, 0.3) is 0 Å². The van der Waals surface area contributed by atoms with Gasteiger partial charge in [0.05, 0.1) is 5.54 Å². The predicted octanol–water partition coefficient (Wildman–Crippen LogP) is 1.39. The maximum atomic E-state index is 12.1. The zero-order chi connectivity index (χ0) is 10.8. The number of carbonyl (C=O) groups excluding carboxylic acids is 1. The molecule has 1 amide bonds. The van der Waals surface area contributed by atoms with Crippen LogP contribution in [0.4, 0.5) is 0 Å². The molecule has 1 rings (SSSR count). The van der Waals surface area contributed by atoms with Crippen LogP contribution in [-0.4, -0.2) is 36.0 Å². The van der Waals surface area contributed by atoms with E-state index in [9.17, 15) is 4.79 Å². The molecular formula is C11H22N2O. The minimum atomic E-state index is -0.425. The van der Waals surface area contributed by atoms with Gasteiger partial charge < -0.3 is 10.2 Å². The third kappa shape index (κ3) is 2.27. The highest BCUT2D eigenvalue weighted by molar-refractivity contribution is 5.85. The maximum Gasteiger partial charge on any atom is 0.242 e. The zero-order valence-electron chi connectivity index (χ0n) is 9.76. The predicted molar refractivity (Wildman–Crippen MR) is 58.2 cm³/mol. The van der Waals surface area contributed by atoms with Gasteiger partial charge in [0.2, 0.25) is 5.91 Å². The summed E-state index contributed by atoms with van der Waals surface area (Å²) in [5.41, 5.74) is -0.425. The van der Waals surface area contributed by atoms with Crippen molar-refractivity contribution in [3.63, 3.8) is 0 Å². The summed E-state index contributed by atoms with van der Waals surface area (Å²) in [6.45, 7) is 6.95. The third-order valence-corrected chi connectivity index (χ3v) is 3.22. The van der Waals surface area contributed by atoms with Gasteiger partial charge in [0, 0.05) is 12.6 Å². The molecule has 3 heteroatoms. The summed E-state index contributed by atoms with van der Waals surface area (Å²) in [5, 5.41) is 3.07. The molecule has 14 heavy (non-hydrogen) atoms. The first-order valence-corrected chi connectivity index (χ1v) is 5.49. The fraction of sp³-hybridized carbons (Fsp3) is 0.909. The number of hydrogen-bond acceptors (Lipinski definition) is 2. The second-order valence-electron chi connectivity index (χ2n) is 4.72. The monoisotopic (exact) mass is 198 g/mol. The van der Waals surface area contributed by atoms with Gasteiger partial charge in [-0.15, -0.1) is 0 Å². The molecule has 0 spiro atoms. The van der Waals surface area contributed by atoms with Crippen molar-refractivity contribution in [2.75, 3.05) is 13.6 Å². The largest absolute Gasteiger partial charge is 0.338 e. The number of nitrogens with zero attached hydrogens (tertiary/aromatic N) is 1. The van der Waals surface area contributed by atoms with Crippen LogP contribution >= 0.6 is 0 Å². The maximum absolute atomic E-state index is 12.1. The lowest BCUT2D eigenvalue weighted by molar-refractivity contribution is -0.140. The molecule has 1 aliphatic heterocycles. The Labute approximate surface area is 86.9 Å². The number of rotatable bonds is 2. The standard InChI is InChI=1S/C11H22N2O/c1-9-7-5-6-8-13(9)10(14)11(2,3)12-4/h9,12H,5-8H2,1-4H3. The quantitative estimate of drug-likeness (QED) is 0.727. The molecule has 1 unspecified atom stereocenters. The molecule has 1 atom stereocenters. The van der Waals surface area contributed by atoms with Crippen molar-refractivity contribution in [1.82, 2.24) is 10.2 Å². The molecule has 1 heterocycles. The van der Waals surface area contributed by atoms with Crippen molar-refractivity contribution in [3.8, 4) is 0 Å². The number of hydrogen-bond donors (Lipinski definition) is 1. The van der Waals surface area contributed by atoms with Crippen LogP contribution < -0.4 is 5.32 Å². The second-order valence-corrected chi connectivity index (χ2v) is 4.72. The zero-order valence-corrected chi connectivity index (χ0v) is 9.76. The van der Waals surface area contributed by atoms with Crippen LogP contribution in [0.5, 0.6) is 0 Å². The van der Waals surface area contributed by atoms with Gasteiger partial charge in [-0.25, -0.2) is 0 Å². The van der Waals surface area contributed by atoms with Crippen molar-refractivity contribution < 1.29 is 4.79 Å². The van der Waals surface area contributed by atoms with E-state index in [1.54, 1.807) is 0 Å². The Bertz CT molecular complexity index is 213. The van der Waals surface area contributed by atoms with E-state index in [1.165, 1.54) is 6.42 Å². The highest BCUT2D eigenvalue weighted by Gasteiger charge is 2.33. The first-order chi connectivity index (χ1) is 6.49. The fourth-order valence-corrected chi connectivity index (χ4v) is 1.87. The van der Waals surface area contributed by atoms with E-state index in [0.717, 1.165) is 19.4 Å². The molecule has 0 saturated carbocycles. The first-order valence-electron chi connectivity index (χ1n) is 5.49. The number of piperidine rings is 1. The van der Waals surface area contributed by atoms with Gasteiger partial charge in [-0.2, -0.15) is 0 Å². The molecule has 0 aromatic heterocycles. The summed E-state index contributed by atoms with van der Waals surface area (Å²) in [5.74, 6) is 0.229.